The van der Waals surface area contributed by atoms with Gasteiger partial charge in [0.15, 0.2) is 0 Å². The summed E-state index contributed by atoms with van der Waals surface area (Å²) in [6, 6.07) is 4.25. The lowest BCUT2D eigenvalue weighted by Crippen LogP contribution is -2.31. The fourth-order valence-electron chi connectivity index (χ4n) is 2.22. The quantitative estimate of drug-likeness (QED) is 0.832. The summed E-state index contributed by atoms with van der Waals surface area (Å²) < 4.78 is 0.0952. The van der Waals surface area contributed by atoms with Crippen molar-refractivity contribution in [3.63, 3.8) is 0 Å². The average Bonchev–Trinajstić information content (AvgIpc) is 2.52. The molecule has 1 fully saturated rings. The van der Waals surface area contributed by atoms with Crippen molar-refractivity contribution in [2.45, 2.75) is 36.9 Å². The molecule has 2 nitrogen and oxygen atoms in total. The molecule has 1 aliphatic rings. The van der Waals surface area contributed by atoms with E-state index >= 15 is 0 Å². The molecule has 4 heteroatoms. The maximum absolute atomic E-state index is 6.09. The summed E-state index contributed by atoms with van der Waals surface area (Å²) in [6.45, 7) is 0.717. The number of nitrogens with two attached hydrogens (primary N) is 1. The molecule has 0 aliphatic carbocycles. The molecule has 0 bridgehead atoms. The second kappa shape index (κ2) is 6.66. The first kappa shape index (κ1) is 13.2. The third-order valence-corrected chi connectivity index (χ3v) is 6.62. The third kappa shape index (κ3) is 3.39. The minimum atomic E-state index is 0.0952. The zero-order valence-electron chi connectivity index (χ0n) is 10.1. The van der Waals surface area contributed by atoms with E-state index in [2.05, 4.69) is 17.1 Å². The number of hydrogen-bond donors (Lipinski definition) is 1. The van der Waals surface area contributed by atoms with Crippen LogP contribution in [-0.4, -0.2) is 17.3 Å². The van der Waals surface area contributed by atoms with E-state index in [9.17, 15) is 0 Å². The van der Waals surface area contributed by atoms with Gasteiger partial charge in [-0.25, -0.2) is 0 Å². The number of aromatic nitrogens is 1. The molecule has 1 unspecified atom stereocenters. The largest absolute Gasteiger partial charge is 0.329 e. The van der Waals surface area contributed by atoms with Gasteiger partial charge < -0.3 is 5.73 Å². The number of hydrogen-bond acceptors (Lipinski definition) is 4. The van der Waals surface area contributed by atoms with E-state index in [-0.39, 0.29) is 4.75 Å². The van der Waals surface area contributed by atoms with Gasteiger partial charge in [-0.3, -0.25) is 4.98 Å². The van der Waals surface area contributed by atoms with Gasteiger partial charge >= 0.3 is 0 Å². The minimum Gasteiger partial charge on any atom is -0.329 e. The highest BCUT2D eigenvalue weighted by Gasteiger charge is 2.31. The summed E-state index contributed by atoms with van der Waals surface area (Å²) in [4.78, 5) is 4.11. The average molecular weight is 268 g/mol. The zero-order valence-corrected chi connectivity index (χ0v) is 11.7. The van der Waals surface area contributed by atoms with E-state index in [0.717, 1.165) is 0 Å². The van der Waals surface area contributed by atoms with E-state index in [1.54, 1.807) is 0 Å². The maximum atomic E-state index is 6.09. The highest BCUT2D eigenvalue weighted by atomic mass is 33.1. The highest BCUT2D eigenvalue weighted by molar-refractivity contribution is 8.77. The smallest absolute Gasteiger partial charge is 0.0634 e. The number of nitrogens with zero attached hydrogens (tertiary/aromatic N) is 1. The minimum absolute atomic E-state index is 0.0952. The van der Waals surface area contributed by atoms with E-state index in [1.165, 1.54) is 43.4 Å². The van der Waals surface area contributed by atoms with Crippen molar-refractivity contribution in [2.24, 2.45) is 5.73 Å². The molecule has 0 amide bonds. The summed E-state index contributed by atoms with van der Waals surface area (Å²) in [5, 5.41) is 0. The van der Waals surface area contributed by atoms with Crippen molar-refractivity contribution in [1.82, 2.24) is 4.98 Å². The Hall–Kier alpha value is -0.190. The topological polar surface area (TPSA) is 38.9 Å². The number of pyridine rings is 1. The maximum Gasteiger partial charge on any atom is 0.0634 e. The molecule has 2 rings (SSSR count). The summed E-state index contributed by atoms with van der Waals surface area (Å²) in [5.41, 5.74) is 7.43. The molecule has 94 valence electrons. The first-order chi connectivity index (χ1) is 8.37. The molecule has 1 aromatic rings. The fourth-order valence-corrected chi connectivity index (χ4v) is 5.41. The Morgan fingerprint density at radius 1 is 1.18 bits per heavy atom. The molecule has 0 saturated carbocycles. The summed E-state index contributed by atoms with van der Waals surface area (Å²) in [6.07, 6.45) is 10.3. The van der Waals surface area contributed by atoms with Gasteiger partial charge in [-0.2, -0.15) is 0 Å². The Balaban J connectivity index is 2.20. The zero-order chi connectivity index (χ0) is 12.0. The van der Waals surface area contributed by atoms with Crippen LogP contribution in [0.25, 0.3) is 0 Å². The SMILES string of the molecule is NCC1(c2ccncc2)CCCCCCSS1. The number of rotatable bonds is 2. The van der Waals surface area contributed by atoms with Crippen LogP contribution in [0, 0.1) is 0 Å². The lowest BCUT2D eigenvalue weighted by Gasteiger charge is -2.31. The predicted octanol–water partition coefficient (Wildman–Crippen LogP) is 3.58. The van der Waals surface area contributed by atoms with Crippen LogP contribution in [0.4, 0.5) is 0 Å². The van der Waals surface area contributed by atoms with Gasteiger partial charge in [-0.15, -0.1) is 0 Å². The van der Waals surface area contributed by atoms with Crippen LogP contribution in [0.1, 0.15) is 37.7 Å². The second-order valence-corrected chi connectivity index (χ2v) is 7.30. The van der Waals surface area contributed by atoms with Crippen molar-refractivity contribution in [2.75, 3.05) is 12.3 Å². The molecule has 2 N–H and O–H groups in total. The van der Waals surface area contributed by atoms with Crippen molar-refractivity contribution >= 4 is 21.6 Å². The van der Waals surface area contributed by atoms with Gasteiger partial charge in [0.25, 0.3) is 0 Å². The monoisotopic (exact) mass is 268 g/mol. The lowest BCUT2D eigenvalue weighted by molar-refractivity contribution is 0.526. The van der Waals surface area contributed by atoms with Gasteiger partial charge in [0.2, 0.25) is 0 Å². The van der Waals surface area contributed by atoms with Crippen LogP contribution in [0.2, 0.25) is 0 Å². The molecular formula is C13H20N2S2. The third-order valence-electron chi connectivity index (χ3n) is 3.31. The van der Waals surface area contributed by atoms with Crippen LogP contribution in [0.15, 0.2) is 24.5 Å². The molecule has 17 heavy (non-hydrogen) atoms. The van der Waals surface area contributed by atoms with Crippen molar-refractivity contribution in [1.29, 1.82) is 0 Å². The van der Waals surface area contributed by atoms with Gasteiger partial charge in [-0.1, -0.05) is 40.9 Å². The molecule has 0 spiro atoms. The van der Waals surface area contributed by atoms with Gasteiger partial charge in [-0.05, 0) is 30.5 Å². The summed E-state index contributed by atoms with van der Waals surface area (Å²) in [7, 11) is 3.96. The summed E-state index contributed by atoms with van der Waals surface area (Å²) >= 11 is 0. The van der Waals surface area contributed by atoms with E-state index in [1.807, 2.05) is 34.0 Å². The molecule has 0 aromatic carbocycles. The summed E-state index contributed by atoms with van der Waals surface area (Å²) in [5.74, 6) is 1.25. The van der Waals surface area contributed by atoms with Crippen LogP contribution in [0.3, 0.4) is 0 Å². The Morgan fingerprint density at radius 3 is 2.71 bits per heavy atom. The first-order valence-corrected chi connectivity index (χ1v) is 8.60. The second-order valence-electron chi connectivity index (χ2n) is 4.50. The van der Waals surface area contributed by atoms with E-state index < -0.39 is 0 Å². The van der Waals surface area contributed by atoms with E-state index in [4.69, 9.17) is 5.73 Å². The van der Waals surface area contributed by atoms with Gasteiger partial charge in [0, 0.05) is 24.7 Å². The molecule has 0 radical (unpaired) electrons. The Morgan fingerprint density at radius 2 is 1.94 bits per heavy atom. The van der Waals surface area contributed by atoms with Crippen LogP contribution >= 0.6 is 21.6 Å². The van der Waals surface area contributed by atoms with Gasteiger partial charge in [0.1, 0.15) is 0 Å². The van der Waals surface area contributed by atoms with Gasteiger partial charge in [0.05, 0.1) is 4.75 Å². The molecule has 1 atom stereocenters. The van der Waals surface area contributed by atoms with E-state index in [0.29, 0.717) is 6.54 Å². The Labute approximate surface area is 112 Å². The van der Waals surface area contributed by atoms with Crippen LogP contribution < -0.4 is 5.73 Å². The fraction of sp³-hybridized carbons (Fsp3) is 0.615. The normalized spacial score (nSPS) is 26.9. The predicted molar refractivity (Wildman–Crippen MR) is 78.1 cm³/mol. The molecule has 1 saturated heterocycles. The standard InChI is InChI=1S/C13H20N2S2/c14-11-13(12-5-8-15-9-6-12)7-3-1-2-4-10-16-17-13/h5-6,8-9H,1-4,7,10-11,14H2. The Kier molecular flexibility index (Phi) is 5.19. The Bertz CT molecular complexity index is 319. The molecule has 1 aromatic heterocycles. The molecular weight excluding hydrogens is 248 g/mol. The van der Waals surface area contributed by atoms with Crippen molar-refractivity contribution in [3.8, 4) is 0 Å². The van der Waals surface area contributed by atoms with Crippen molar-refractivity contribution < 1.29 is 0 Å². The molecule has 2 heterocycles. The van der Waals surface area contributed by atoms with Crippen LogP contribution in [0.5, 0.6) is 0 Å². The lowest BCUT2D eigenvalue weighted by atomic mass is 9.92. The van der Waals surface area contributed by atoms with Crippen molar-refractivity contribution in [3.05, 3.63) is 30.1 Å². The van der Waals surface area contributed by atoms with Crippen LogP contribution in [-0.2, 0) is 4.75 Å². The highest BCUT2D eigenvalue weighted by Crippen LogP contribution is 2.47. The molecule has 1 aliphatic heterocycles. The first-order valence-electron chi connectivity index (χ1n) is 6.29.